The molecule has 1 fully saturated rings. The van der Waals surface area contributed by atoms with E-state index in [2.05, 4.69) is 4.98 Å². The topological polar surface area (TPSA) is 80.4 Å². The van der Waals surface area contributed by atoms with Crippen LogP contribution in [0.1, 0.15) is 5.69 Å². The van der Waals surface area contributed by atoms with Crippen LogP contribution in [0, 0.1) is 6.92 Å². The fourth-order valence-corrected chi connectivity index (χ4v) is 4.87. The Kier molecular flexibility index (Phi) is 2.78. The molecule has 1 aliphatic heterocycles. The van der Waals surface area contributed by atoms with Gasteiger partial charge in [-0.3, -0.25) is 0 Å². The maximum absolute atomic E-state index is 11.2. The standard InChI is InChI=1S/C8H11NO4S2/c1-5-2-13-8(9-5)14-7-4-15(11,12)3-6(7)10/h2,6-7,10H,3-4H2,1H3. The number of rotatable bonds is 2. The number of aromatic nitrogens is 1. The SMILES string of the molecule is Cc1coc(SC2CS(=O)(=O)CC2O)n1. The Bertz CT molecular complexity index is 453. The van der Waals surface area contributed by atoms with Crippen molar-refractivity contribution in [3.63, 3.8) is 0 Å². The van der Waals surface area contributed by atoms with Crippen LogP contribution in [-0.2, 0) is 9.84 Å². The Labute approximate surface area is 91.8 Å². The summed E-state index contributed by atoms with van der Waals surface area (Å²) in [6, 6.07) is 0. The number of hydrogen-bond donors (Lipinski definition) is 1. The largest absolute Gasteiger partial charge is 0.440 e. The number of sulfone groups is 1. The van der Waals surface area contributed by atoms with Crippen LogP contribution in [0.15, 0.2) is 15.9 Å². The normalized spacial score (nSPS) is 29.5. The highest BCUT2D eigenvalue weighted by Crippen LogP contribution is 2.30. The zero-order valence-corrected chi connectivity index (χ0v) is 9.71. The highest BCUT2D eigenvalue weighted by Gasteiger charge is 2.37. The van der Waals surface area contributed by atoms with Gasteiger partial charge in [-0.15, -0.1) is 0 Å². The monoisotopic (exact) mass is 249 g/mol. The van der Waals surface area contributed by atoms with Gasteiger partial charge in [-0.05, 0) is 6.92 Å². The van der Waals surface area contributed by atoms with Crippen LogP contribution in [0.2, 0.25) is 0 Å². The van der Waals surface area contributed by atoms with Gasteiger partial charge in [0.1, 0.15) is 6.26 Å². The first kappa shape index (κ1) is 11.0. The Balaban J connectivity index is 2.08. The number of aliphatic hydroxyl groups is 1. The molecule has 0 bridgehead atoms. The van der Waals surface area contributed by atoms with E-state index in [0.717, 1.165) is 5.69 Å². The summed E-state index contributed by atoms with van der Waals surface area (Å²) < 4.78 is 27.5. The third-order valence-corrected chi connectivity index (χ3v) is 5.22. The predicted molar refractivity (Wildman–Crippen MR) is 55.5 cm³/mol. The van der Waals surface area contributed by atoms with Gasteiger partial charge in [0.05, 0.1) is 28.6 Å². The summed E-state index contributed by atoms with van der Waals surface area (Å²) in [5, 5.41) is 9.57. The second-order valence-electron chi connectivity index (χ2n) is 3.56. The smallest absolute Gasteiger partial charge is 0.256 e. The summed E-state index contributed by atoms with van der Waals surface area (Å²) in [7, 11) is -3.10. The number of nitrogens with zero attached hydrogens (tertiary/aromatic N) is 1. The number of hydrogen-bond acceptors (Lipinski definition) is 6. The van der Waals surface area contributed by atoms with E-state index >= 15 is 0 Å². The maximum atomic E-state index is 11.2. The van der Waals surface area contributed by atoms with Crippen molar-refractivity contribution in [3.05, 3.63) is 12.0 Å². The summed E-state index contributed by atoms with van der Waals surface area (Å²) in [5.41, 5.74) is 0.743. The fourth-order valence-electron chi connectivity index (χ4n) is 1.43. The van der Waals surface area contributed by atoms with E-state index in [-0.39, 0.29) is 16.8 Å². The minimum Gasteiger partial charge on any atom is -0.440 e. The lowest BCUT2D eigenvalue weighted by molar-refractivity contribution is 0.207. The van der Waals surface area contributed by atoms with Crippen LogP contribution in [0.4, 0.5) is 0 Å². The van der Waals surface area contributed by atoms with Crippen molar-refractivity contribution in [1.29, 1.82) is 0 Å². The Morgan fingerprint density at radius 3 is 2.80 bits per heavy atom. The fraction of sp³-hybridized carbons (Fsp3) is 0.625. The molecule has 84 valence electrons. The summed E-state index contributed by atoms with van der Waals surface area (Å²) >= 11 is 1.18. The minimum absolute atomic E-state index is 0.0136. The van der Waals surface area contributed by atoms with Crippen molar-refractivity contribution in [2.75, 3.05) is 11.5 Å². The first-order chi connectivity index (χ1) is 6.96. The first-order valence-corrected chi connectivity index (χ1v) is 7.14. The average molecular weight is 249 g/mol. The molecule has 0 amide bonds. The predicted octanol–water partition coefficient (Wildman–Crippen LogP) is 0.233. The lowest BCUT2D eigenvalue weighted by Crippen LogP contribution is -2.19. The second-order valence-corrected chi connectivity index (χ2v) is 6.90. The Morgan fingerprint density at radius 2 is 2.33 bits per heavy atom. The molecule has 2 unspecified atom stereocenters. The molecule has 1 saturated heterocycles. The van der Waals surface area contributed by atoms with Gasteiger partial charge >= 0.3 is 0 Å². The van der Waals surface area contributed by atoms with Crippen molar-refractivity contribution in [3.8, 4) is 0 Å². The number of oxazole rings is 1. The second kappa shape index (κ2) is 3.80. The van der Waals surface area contributed by atoms with E-state index in [1.807, 2.05) is 0 Å². The van der Waals surface area contributed by atoms with Crippen molar-refractivity contribution in [2.24, 2.45) is 0 Å². The van der Waals surface area contributed by atoms with Crippen molar-refractivity contribution < 1.29 is 17.9 Å². The van der Waals surface area contributed by atoms with E-state index in [0.29, 0.717) is 5.22 Å². The number of aryl methyl sites for hydroxylation is 1. The quantitative estimate of drug-likeness (QED) is 0.808. The molecule has 1 aromatic rings. The van der Waals surface area contributed by atoms with Crippen LogP contribution in [0.3, 0.4) is 0 Å². The summed E-state index contributed by atoms with van der Waals surface area (Å²) in [6.07, 6.45) is 0.672. The minimum atomic E-state index is -3.10. The molecule has 2 rings (SSSR count). The Hall–Kier alpha value is -0.530. The summed E-state index contributed by atoms with van der Waals surface area (Å²) in [4.78, 5) is 4.05. The van der Waals surface area contributed by atoms with Gasteiger partial charge in [0.25, 0.3) is 5.22 Å². The molecular weight excluding hydrogens is 238 g/mol. The average Bonchev–Trinajstić information content (AvgIpc) is 2.58. The molecule has 0 aliphatic carbocycles. The number of thioether (sulfide) groups is 1. The van der Waals surface area contributed by atoms with Crippen molar-refractivity contribution in [2.45, 2.75) is 23.5 Å². The lowest BCUT2D eigenvalue weighted by atomic mass is 10.3. The molecule has 15 heavy (non-hydrogen) atoms. The van der Waals surface area contributed by atoms with Crippen molar-refractivity contribution in [1.82, 2.24) is 4.98 Å². The van der Waals surface area contributed by atoms with Gasteiger partial charge in [0.2, 0.25) is 0 Å². The van der Waals surface area contributed by atoms with Crippen LogP contribution in [-0.4, -0.2) is 41.4 Å². The summed E-state index contributed by atoms with van der Waals surface area (Å²) in [6.45, 7) is 1.79. The van der Waals surface area contributed by atoms with E-state index in [9.17, 15) is 13.5 Å². The van der Waals surface area contributed by atoms with Crippen molar-refractivity contribution >= 4 is 21.6 Å². The highest BCUT2D eigenvalue weighted by atomic mass is 32.2. The van der Waals surface area contributed by atoms with Gasteiger partial charge in [0.15, 0.2) is 9.84 Å². The molecule has 5 nitrogen and oxygen atoms in total. The first-order valence-electron chi connectivity index (χ1n) is 4.43. The number of aliphatic hydroxyl groups excluding tert-OH is 1. The maximum Gasteiger partial charge on any atom is 0.256 e. The summed E-state index contributed by atoms with van der Waals surface area (Å²) in [5.74, 6) is -0.176. The van der Waals surface area contributed by atoms with Gasteiger partial charge in [-0.2, -0.15) is 0 Å². The molecule has 1 aliphatic rings. The van der Waals surface area contributed by atoms with E-state index in [1.165, 1.54) is 18.0 Å². The Morgan fingerprint density at radius 1 is 1.60 bits per heavy atom. The molecule has 2 heterocycles. The highest BCUT2D eigenvalue weighted by molar-refractivity contribution is 8.01. The third-order valence-electron chi connectivity index (χ3n) is 2.12. The molecule has 1 aromatic heterocycles. The molecule has 1 N–H and O–H groups in total. The molecule has 2 atom stereocenters. The van der Waals surface area contributed by atoms with Gasteiger partial charge < -0.3 is 9.52 Å². The van der Waals surface area contributed by atoms with Gasteiger partial charge in [-0.25, -0.2) is 13.4 Å². The van der Waals surface area contributed by atoms with Crippen LogP contribution < -0.4 is 0 Å². The molecule has 0 spiro atoms. The van der Waals surface area contributed by atoms with E-state index in [4.69, 9.17) is 4.42 Å². The van der Waals surface area contributed by atoms with E-state index in [1.54, 1.807) is 6.92 Å². The van der Waals surface area contributed by atoms with Gasteiger partial charge in [0, 0.05) is 0 Å². The van der Waals surface area contributed by atoms with Crippen LogP contribution in [0.25, 0.3) is 0 Å². The lowest BCUT2D eigenvalue weighted by Gasteiger charge is -2.08. The molecule has 7 heteroatoms. The molecule has 0 saturated carbocycles. The van der Waals surface area contributed by atoms with Crippen LogP contribution in [0.5, 0.6) is 0 Å². The zero-order valence-electron chi connectivity index (χ0n) is 8.08. The molecule has 0 aromatic carbocycles. The van der Waals surface area contributed by atoms with Crippen LogP contribution >= 0.6 is 11.8 Å². The third kappa shape index (κ3) is 2.53. The molecular formula is C8H11NO4S2. The zero-order chi connectivity index (χ0) is 11.1. The van der Waals surface area contributed by atoms with Gasteiger partial charge in [-0.1, -0.05) is 11.8 Å². The molecule has 0 radical (unpaired) electrons. The van der Waals surface area contributed by atoms with E-state index < -0.39 is 15.9 Å².